The molecular formula is C17H12Cl2N4O3S. The summed E-state index contributed by atoms with van der Waals surface area (Å²) in [6.07, 6.45) is 1.25. The summed E-state index contributed by atoms with van der Waals surface area (Å²) in [4.78, 5) is 20.0. The fourth-order valence-electron chi connectivity index (χ4n) is 2.21. The maximum Gasteiger partial charge on any atom is 0.343 e. The molecule has 0 spiro atoms. The van der Waals surface area contributed by atoms with Gasteiger partial charge in [0.15, 0.2) is 5.03 Å². The molecule has 0 aliphatic heterocycles. The van der Waals surface area contributed by atoms with E-state index in [9.17, 15) is 10.1 Å². The van der Waals surface area contributed by atoms with Crippen molar-refractivity contribution < 1.29 is 9.66 Å². The van der Waals surface area contributed by atoms with Crippen LogP contribution in [0, 0.1) is 10.1 Å². The monoisotopic (exact) mass is 422 g/mol. The van der Waals surface area contributed by atoms with Crippen molar-refractivity contribution in [1.29, 1.82) is 0 Å². The Morgan fingerprint density at radius 2 is 1.81 bits per heavy atom. The van der Waals surface area contributed by atoms with Crippen LogP contribution < -0.4 is 10.1 Å². The molecule has 0 bridgehead atoms. The molecule has 27 heavy (non-hydrogen) atoms. The number of nitro groups is 1. The molecule has 0 aliphatic rings. The molecule has 10 heteroatoms. The molecule has 1 heterocycles. The lowest BCUT2D eigenvalue weighted by Crippen LogP contribution is -2.03. The van der Waals surface area contributed by atoms with Crippen LogP contribution in [0.1, 0.15) is 0 Å². The fourth-order valence-corrected chi connectivity index (χ4v) is 3.37. The van der Waals surface area contributed by atoms with Crippen molar-refractivity contribution >= 4 is 52.2 Å². The molecule has 0 aliphatic carbocycles. The first kappa shape index (κ1) is 19.2. The maximum atomic E-state index is 11.7. The molecule has 0 radical (unpaired) electrons. The Morgan fingerprint density at radius 3 is 2.48 bits per heavy atom. The first-order valence-electron chi connectivity index (χ1n) is 7.51. The van der Waals surface area contributed by atoms with Gasteiger partial charge in [-0.15, -0.1) is 0 Å². The molecule has 7 nitrogen and oxygen atoms in total. The zero-order valence-corrected chi connectivity index (χ0v) is 16.2. The first-order valence-corrected chi connectivity index (χ1v) is 9.08. The van der Waals surface area contributed by atoms with E-state index in [1.54, 1.807) is 42.5 Å². The number of anilines is 2. The first-order chi connectivity index (χ1) is 13.0. The van der Waals surface area contributed by atoms with Gasteiger partial charge in [-0.2, -0.15) is 0 Å². The number of methoxy groups -OCH3 is 1. The average molecular weight is 423 g/mol. The van der Waals surface area contributed by atoms with E-state index in [1.165, 1.54) is 13.4 Å². The van der Waals surface area contributed by atoms with E-state index in [4.69, 9.17) is 27.9 Å². The summed E-state index contributed by atoms with van der Waals surface area (Å²) in [5.74, 6) is 0.506. The van der Waals surface area contributed by atoms with Crippen LogP contribution in [0.5, 0.6) is 5.75 Å². The third kappa shape index (κ3) is 4.60. The number of rotatable bonds is 6. The van der Waals surface area contributed by atoms with E-state index in [-0.39, 0.29) is 16.5 Å². The van der Waals surface area contributed by atoms with E-state index in [1.807, 2.05) is 0 Å². The molecule has 2 aromatic carbocycles. The summed E-state index contributed by atoms with van der Waals surface area (Å²) in [6.45, 7) is 0. The Bertz CT molecular complexity index is 986. The largest absolute Gasteiger partial charge is 0.495 e. The van der Waals surface area contributed by atoms with Crippen molar-refractivity contribution in [3.05, 3.63) is 69.0 Å². The third-order valence-electron chi connectivity index (χ3n) is 3.41. The second-order valence-corrected chi connectivity index (χ2v) is 7.09. The molecule has 138 valence electrons. The Labute approximate surface area is 168 Å². The molecule has 0 fully saturated rings. The van der Waals surface area contributed by atoms with Gasteiger partial charge >= 0.3 is 5.69 Å². The number of ether oxygens (including phenoxy) is 1. The lowest BCUT2D eigenvalue weighted by atomic mass is 10.3. The summed E-state index contributed by atoms with van der Waals surface area (Å²) in [5.41, 5.74) is 0.203. The number of hydrogen-bond donors (Lipinski definition) is 1. The molecular weight excluding hydrogens is 411 g/mol. The van der Waals surface area contributed by atoms with Crippen molar-refractivity contribution in [2.24, 2.45) is 0 Å². The molecule has 0 amide bonds. The topological polar surface area (TPSA) is 90.2 Å². The highest BCUT2D eigenvalue weighted by molar-refractivity contribution is 7.99. The van der Waals surface area contributed by atoms with Gasteiger partial charge in [0.05, 0.1) is 17.7 Å². The molecule has 0 unspecified atom stereocenters. The number of aromatic nitrogens is 2. The highest BCUT2D eigenvalue weighted by Crippen LogP contribution is 2.39. The van der Waals surface area contributed by atoms with Gasteiger partial charge in [0.25, 0.3) is 0 Å². The highest BCUT2D eigenvalue weighted by Gasteiger charge is 2.24. The smallest absolute Gasteiger partial charge is 0.343 e. The average Bonchev–Trinajstić information content (AvgIpc) is 2.64. The Morgan fingerprint density at radius 1 is 1.11 bits per heavy atom. The van der Waals surface area contributed by atoms with E-state index in [2.05, 4.69) is 15.3 Å². The van der Waals surface area contributed by atoms with E-state index < -0.39 is 4.92 Å². The second kappa shape index (κ2) is 8.43. The lowest BCUT2D eigenvalue weighted by molar-refractivity contribution is -0.387. The molecule has 3 rings (SSSR count). The molecule has 0 atom stereocenters. The van der Waals surface area contributed by atoms with Crippen molar-refractivity contribution in [2.75, 3.05) is 12.4 Å². The number of benzene rings is 2. The summed E-state index contributed by atoms with van der Waals surface area (Å²) in [7, 11) is 1.49. The Balaban J connectivity index is 2.00. The Hall–Kier alpha value is -2.55. The van der Waals surface area contributed by atoms with Gasteiger partial charge in [0.1, 0.15) is 12.1 Å². The van der Waals surface area contributed by atoms with Crippen molar-refractivity contribution in [1.82, 2.24) is 9.97 Å². The van der Waals surface area contributed by atoms with Gasteiger partial charge in [-0.25, -0.2) is 9.97 Å². The molecule has 1 N–H and O–H groups in total. The van der Waals surface area contributed by atoms with Gasteiger partial charge in [0.2, 0.25) is 5.82 Å². The summed E-state index contributed by atoms with van der Waals surface area (Å²) < 4.78 is 5.26. The van der Waals surface area contributed by atoms with Gasteiger partial charge in [-0.1, -0.05) is 35.0 Å². The third-order valence-corrected chi connectivity index (χ3v) is 4.90. The minimum absolute atomic E-state index is 0.0343. The van der Waals surface area contributed by atoms with Crippen LogP contribution in [-0.4, -0.2) is 22.0 Å². The number of nitrogens with zero attached hydrogens (tertiary/aromatic N) is 3. The molecule has 0 saturated heterocycles. The number of halogens is 2. The summed E-state index contributed by atoms with van der Waals surface area (Å²) >= 11 is 13.0. The van der Waals surface area contributed by atoms with Gasteiger partial charge in [0, 0.05) is 14.9 Å². The highest BCUT2D eigenvalue weighted by atomic mass is 35.5. The normalized spacial score (nSPS) is 10.5. The predicted octanol–water partition coefficient (Wildman–Crippen LogP) is 5.60. The van der Waals surface area contributed by atoms with Crippen molar-refractivity contribution in [3.8, 4) is 5.75 Å². The zero-order chi connectivity index (χ0) is 19.4. The molecule has 1 aromatic heterocycles. The minimum atomic E-state index is -0.530. The van der Waals surface area contributed by atoms with Gasteiger partial charge < -0.3 is 10.1 Å². The van der Waals surface area contributed by atoms with Crippen molar-refractivity contribution in [3.63, 3.8) is 0 Å². The molecule has 0 saturated carbocycles. The summed E-state index contributed by atoms with van der Waals surface area (Å²) in [5, 5.41) is 15.8. The van der Waals surface area contributed by atoms with Crippen LogP contribution in [0.25, 0.3) is 0 Å². The lowest BCUT2D eigenvalue weighted by Gasteiger charge is -2.12. The second-order valence-electron chi connectivity index (χ2n) is 5.16. The van der Waals surface area contributed by atoms with Crippen LogP contribution in [-0.2, 0) is 0 Å². The molecule has 3 aromatic rings. The maximum absolute atomic E-state index is 11.7. The van der Waals surface area contributed by atoms with Crippen LogP contribution >= 0.6 is 35.0 Å². The quantitative estimate of drug-likeness (QED) is 0.314. The van der Waals surface area contributed by atoms with Crippen LogP contribution in [0.3, 0.4) is 0 Å². The summed E-state index contributed by atoms with van der Waals surface area (Å²) in [6, 6.07) is 11.8. The fraction of sp³-hybridized carbons (Fsp3) is 0.0588. The minimum Gasteiger partial charge on any atom is -0.495 e. The van der Waals surface area contributed by atoms with Crippen LogP contribution in [0.2, 0.25) is 10.0 Å². The predicted molar refractivity (Wildman–Crippen MR) is 106 cm³/mol. The van der Waals surface area contributed by atoms with E-state index in [0.29, 0.717) is 21.5 Å². The Kier molecular flexibility index (Phi) is 6.00. The van der Waals surface area contributed by atoms with Gasteiger partial charge in [-0.05, 0) is 42.5 Å². The number of nitrogens with one attached hydrogen (secondary N) is 1. The zero-order valence-electron chi connectivity index (χ0n) is 13.8. The van der Waals surface area contributed by atoms with E-state index in [0.717, 1.165) is 16.7 Å². The van der Waals surface area contributed by atoms with Gasteiger partial charge in [-0.3, -0.25) is 10.1 Å². The standard InChI is InChI=1S/C17H12Cl2N4O3S/c1-26-14-7-4-11(19)8-13(14)22-16-15(23(24)25)17(21-9-20-16)27-12-5-2-10(18)3-6-12/h2-9H,1H3,(H,20,21,22). The van der Waals surface area contributed by atoms with Crippen LogP contribution in [0.15, 0.2) is 58.7 Å². The van der Waals surface area contributed by atoms with E-state index >= 15 is 0 Å². The van der Waals surface area contributed by atoms with Crippen LogP contribution in [0.4, 0.5) is 17.2 Å². The number of hydrogen-bond acceptors (Lipinski definition) is 7. The SMILES string of the molecule is COc1ccc(Cl)cc1Nc1ncnc(Sc2ccc(Cl)cc2)c1[N+](=O)[O-]. The van der Waals surface area contributed by atoms with Crippen molar-refractivity contribution in [2.45, 2.75) is 9.92 Å².